The van der Waals surface area contributed by atoms with Gasteiger partial charge in [0.05, 0.1) is 5.92 Å². The van der Waals surface area contributed by atoms with Gasteiger partial charge < -0.3 is 5.32 Å². The minimum atomic E-state index is -4.13. The van der Waals surface area contributed by atoms with E-state index in [-0.39, 0.29) is 30.7 Å². The third-order valence-electron chi connectivity index (χ3n) is 4.05. The van der Waals surface area contributed by atoms with E-state index in [1.54, 1.807) is 19.1 Å². The van der Waals surface area contributed by atoms with Crippen LogP contribution in [0.1, 0.15) is 44.2 Å². The fourth-order valence-corrected chi connectivity index (χ4v) is 3.31. The summed E-state index contributed by atoms with van der Waals surface area (Å²) in [5.74, 6) is -1.59. The van der Waals surface area contributed by atoms with Crippen LogP contribution in [-0.4, -0.2) is 12.2 Å². The van der Waals surface area contributed by atoms with E-state index in [0.29, 0.717) is 18.4 Å². The highest BCUT2D eigenvalue weighted by atomic mass is 79.9. The molecular formula is C15H18BrF4N. The molecule has 6 heteroatoms. The molecule has 1 aliphatic carbocycles. The molecular weight excluding hydrogens is 350 g/mol. The van der Waals surface area contributed by atoms with Crippen molar-refractivity contribution < 1.29 is 17.6 Å². The number of alkyl halides is 3. The van der Waals surface area contributed by atoms with Gasteiger partial charge in [-0.15, -0.1) is 0 Å². The van der Waals surface area contributed by atoms with E-state index in [2.05, 4.69) is 21.2 Å². The Morgan fingerprint density at radius 3 is 2.67 bits per heavy atom. The summed E-state index contributed by atoms with van der Waals surface area (Å²) in [7, 11) is 0. The highest BCUT2D eigenvalue weighted by Gasteiger charge is 2.42. The topological polar surface area (TPSA) is 12.0 Å². The standard InChI is InChI=1S/C15H18BrF4N/c1-9(13-8-11(16)5-6-14(13)17)21-12-4-2-3-10(7-12)15(18,19)20/h5-6,8-10,12,21H,2-4,7H2,1H3. The first-order valence-corrected chi connectivity index (χ1v) is 7.84. The Balaban J connectivity index is 2.02. The summed E-state index contributed by atoms with van der Waals surface area (Å²) in [5.41, 5.74) is 0.471. The Labute approximate surface area is 130 Å². The Kier molecular flexibility index (Phi) is 5.30. The molecule has 0 aliphatic heterocycles. The monoisotopic (exact) mass is 367 g/mol. The molecule has 0 saturated heterocycles. The molecule has 21 heavy (non-hydrogen) atoms. The van der Waals surface area contributed by atoms with E-state index in [9.17, 15) is 17.6 Å². The summed E-state index contributed by atoms with van der Waals surface area (Å²) in [5, 5.41) is 3.14. The molecule has 1 fully saturated rings. The van der Waals surface area contributed by atoms with Crippen LogP contribution in [0.5, 0.6) is 0 Å². The predicted octanol–water partition coefficient (Wildman–Crippen LogP) is 5.36. The minimum absolute atomic E-state index is 0.0729. The maximum absolute atomic E-state index is 13.8. The Hall–Kier alpha value is -0.620. The van der Waals surface area contributed by atoms with E-state index >= 15 is 0 Å². The molecule has 1 N–H and O–H groups in total. The molecule has 0 aromatic heterocycles. The highest BCUT2D eigenvalue weighted by molar-refractivity contribution is 9.10. The van der Waals surface area contributed by atoms with Gasteiger partial charge in [0.15, 0.2) is 0 Å². The average molecular weight is 368 g/mol. The third kappa shape index (κ3) is 4.42. The first kappa shape index (κ1) is 16.7. The molecule has 2 rings (SSSR count). The predicted molar refractivity (Wildman–Crippen MR) is 77.5 cm³/mol. The van der Waals surface area contributed by atoms with Crippen LogP contribution in [0.25, 0.3) is 0 Å². The summed E-state index contributed by atoms with van der Waals surface area (Å²) in [4.78, 5) is 0. The average Bonchev–Trinajstić information content (AvgIpc) is 2.41. The van der Waals surface area contributed by atoms with Gasteiger partial charge in [-0.2, -0.15) is 13.2 Å². The molecule has 0 amide bonds. The Morgan fingerprint density at radius 1 is 1.29 bits per heavy atom. The van der Waals surface area contributed by atoms with Crippen LogP contribution in [0.3, 0.4) is 0 Å². The molecule has 0 heterocycles. The molecule has 0 bridgehead atoms. The van der Waals surface area contributed by atoms with Gasteiger partial charge in [-0.25, -0.2) is 4.39 Å². The smallest absolute Gasteiger partial charge is 0.307 e. The van der Waals surface area contributed by atoms with Gasteiger partial charge in [0.25, 0.3) is 0 Å². The summed E-state index contributed by atoms with van der Waals surface area (Å²) in [6.07, 6.45) is -2.61. The van der Waals surface area contributed by atoms with Gasteiger partial charge in [0.2, 0.25) is 0 Å². The van der Waals surface area contributed by atoms with Crippen LogP contribution < -0.4 is 5.32 Å². The number of hydrogen-bond acceptors (Lipinski definition) is 1. The van der Waals surface area contributed by atoms with Gasteiger partial charge >= 0.3 is 6.18 Å². The zero-order valence-electron chi connectivity index (χ0n) is 11.7. The van der Waals surface area contributed by atoms with Crippen molar-refractivity contribution in [3.05, 3.63) is 34.1 Å². The van der Waals surface area contributed by atoms with Crippen LogP contribution in [0.4, 0.5) is 17.6 Å². The van der Waals surface area contributed by atoms with Crippen LogP contribution >= 0.6 is 15.9 Å². The fourth-order valence-electron chi connectivity index (χ4n) is 2.93. The van der Waals surface area contributed by atoms with Gasteiger partial charge in [-0.1, -0.05) is 22.4 Å². The number of halogens is 5. The Morgan fingerprint density at radius 2 is 2.00 bits per heavy atom. The molecule has 3 unspecified atom stereocenters. The van der Waals surface area contributed by atoms with Gasteiger partial charge in [-0.3, -0.25) is 0 Å². The SMILES string of the molecule is CC(NC1CCCC(C(F)(F)F)C1)c1cc(Br)ccc1F. The third-order valence-corrected chi connectivity index (χ3v) is 4.54. The van der Waals surface area contributed by atoms with E-state index in [0.717, 1.165) is 4.47 Å². The summed E-state index contributed by atoms with van der Waals surface area (Å²) >= 11 is 3.28. The van der Waals surface area contributed by atoms with E-state index < -0.39 is 12.1 Å². The summed E-state index contributed by atoms with van der Waals surface area (Å²) in [6.45, 7) is 1.78. The molecule has 1 nitrogen and oxygen atoms in total. The second kappa shape index (κ2) is 6.65. The van der Waals surface area contributed by atoms with Crippen molar-refractivity contribution in [3.63, 3.8) is 0 Å². The van der Waals surface area contributed by atoms with Crippen molar-refractivity contribution in [2.24, 2.45) is 5.92 Å². The molecule has 1 aliphatic rings. The first-order chi connectivity index (χ1) is 9.77. The minimum Gasteiger partial charge on any atom is -0.307 e. The van der Waals surface area contributed by atoms with E-state index in [4.69, 9.17) is 0 Å². The second-order valence-electron chi connectivity index (χ2n) is 5.66. The molecule has 1 aromatic rings. The number of nitrogens with one attached hydrogen (secondary N) is 1. The van der Waals surface area contributed by atoms with Crippen molar-refractivity contribution in [1.82, 2.24) is 5.32 Å². The van der Waals surface area contributed by atoms with Crippen LogP contribution in [0, 0.1) is 11.7 Å². The maximum atomic E-state index is 13.8. The van der Waals surface area contributed by atoms with Gasteiger partial charge in [0, 0.05) is 22.1 Å². The lowest BCUT2D eigenvalue weighted by atomic mass is 9.84. The molecule has 1 saturated carbocycles. The quantitative estimate of drug-likeness (QED) is 0.709. The van der Waals surface area contributed by atoms with Crippen LogP contribution in [-0.2, 0) is 0 Å². The van der Waals surface area contributed by atoms with E-state index in [1.807, 2.05) is 0 Å². The molecule has 0 radical (unpaired) electrons. The Bertz CT molecular complexity index is 489. The van der Waals surface area contributed by atoms with Crippen molar-refractivity contribution in [2.45, 2.75) is 50.9 Å². The second-order valence-corrected chi connectivity index (χ2v) is 6.57. The van der Waals surface area contributed by atoms with Crippen molar-refractivity contribution in [2.75, 3.05) is 0 Å². The number of benzene rings is 1. The molecule has 3 atom stereocenters. The zero-order chi connectivity index (χ0) is 15.6. The van der Waals surface area contributed by atoms with Gasteiger partial charge in [0.1, 0.15) is 5.82 Å². The van der Waals surface area contributed by atoms with Crippen LogP contribution in [0.2, 0.25) is 0 Å². The maximum Gasteiger partial charge on any atom is 0.391 e. The summed E-state index contributed by atoms with van der Waals surface area (Å²) in [6, 6.07) is 4.08. The normalized spacial score (nSPS) is 24.9. The lowest BCUT2D eigenvalue weighted by Gasteiger charge is -2.33. The van der Waals surface area contributed by atoms with Gasteiger partial charge in [-0.05, 0) is 44.4 Å². The lowest BCUT2D eigenvalue weighted by molar-refractivity contribution is -0.183. The molecule has 118 valence electrons. The van der Waals surface area contributed by atoms with E-state index in [1.165, 1.54) is 6.07 Å². The van der Waals surface area contributed by atoms with Crippen molar-refractivity contribution in [1.29, 1.82) is 0 Å². The summed E-state index contributed by atoms with van der Waals surface area (Å²) < 4.78 is 52.9. The van der Waals surface area contributed by atoms with Crippen molar-refractivity contribution in [3.8, 4) is 0 Å². The highest BCUT2D eigenvalue weighted by Crippen LogP contribution is 2.38. The van der Waals surface area contributed by atoms with Crippen molar-refractivity contribution >= 4 is 15.9 Å². The zero-order valence-corrected chi connectivity index (χ0v) is 13.3. The first-order valence-electron chi connectivity index (χ1n) is 7.05. The number of rotatable bonds is 3. The number of hydrogen-bond donors (Lipinski definition) is 1. The molecule has 1 aromatic carbocycles. The molecule has 0 spiro atoms. The fraction of sp³-hybridized carbons (Fsp3) is 0.600. The van der Waals surface area contributed by atoms with Crippen LogP contribution in [0.15, 0.2) is 22.7 Å². The lowest BCUT2D eigenvalue weighted by Crippen LogP contribution is -2.40. The largest absolute Gasteiger partial charge is 0.391 e.